The molecule has 0 saturated heterocycles. The zero-order chi connectivity index (χ0) is 14.1. The van der Waals surface area contributed by atoms with Crippen LogP contribution in [0.25, 0.3) is 5.65 Å². The summed E-state index contributed by atoms with van der Waals surface area (Å²) in [5.41, 5.74) is 2.74. The fraction of sp³-hybridized carbons (Fsp3) is 0.214. The van der Waals surface area contributed by atoms with Crippen LogP contribution in [0.5, 0.6) is 0 Å². The summed E-state index contributed by atoms with van der Waals surface area (Å²) in [6.07, 6.45) is 5.28. The molecule has 0 unspecified atom stereocenters. The lowest BCUT2D eigenvalue weighted by Crippen LogP contribution is -2.04. The van der Waals surface area contributed by atoms with Crippen molar-refractivity contribution in [2.24, 2.45) is 0 Å². The van der Waals surface area contributed by atoms with Crippen molar-refractivity contribution in [1.82, 2.24) is 19.6 Å². The summed E-state index contributed by atoms with van der Waals surface area (Å²) >= 11 is 3.48. The highest BCUT2D eigenvalue weighted by atomic mass is 79.9. The Labute approximate surface area is 125 Å². The maximum atomic E-state index is 4.63. The smallest absolute Gasteiger partial charge is 0.171 e. The number of nitrogens with one attached hydrogen (secondary N) is 1. The van der Waals surface area contributed by atoms with Crippen molar-refractivity contribution >= 4 is 33.1 Å². The molecule has 0 aromatic carbocycles. The Balaban J connectivity index is 2.13. The predicted octanol–water partition coefficient (Wildman–Crippen LogP) is 3.75. The second-order valence-electron chi connectivity index (χ2n) is 4.82. The normalized spacial score (nSPS) is 11.2. The third kappa shape index (κ3) is 2.38. The Morgan fingerprint density at radius 1 is 1.30 bits per heavy atom. The number of rotatable bonds is 3. The van der Waals surface area contributed by atoms with Crippen LogP contribution in [-0.2, 0) is 0 Å². The summed E-state index contributed by atoms with van der Waals surface area (Å²) in [6, 6.07) is 5.88. The van der Waals surface area contributed by atoms with Gasteiger partial charge in [-0.1, -0.05) is 13.8 Å². The van der Waals surface area contributed by atoms with E-state index in [9.17, 15) is 0 Å². The summed E-state index contributed by atoms with van der Waals surface area (Å²) in [5.74, 6) is 1.22. The number of halogens is 1. The van der Waals surface area contributed by atoms with E-state index < -0.39 is 0 Å². The molecule has 3 aromatic rings. The van der Waals surface area contributed by atoms with E-state index in [1.54, 1.807) is 23.1 Å². The van der Waals surface area contributed by atoms with Crippen LogP contribution in [0, 0.1) is 0 Å². The highest BCUT2D eigenvalue weighted by Crippen LogP contribution is 2.25. The highest BCUT2D eigenvalue weighted by Gasteiger charge is 2.12. The largest absolute Gasteiger partial charge is 0.339 e. The molecule has 0 aliphatic carbocycles. The number of pyridine rings is 1. The highest BCUT2D eigenvalue weighted by molar-refractivity contribution is 9.10. The maximum Gasteiger partial charge on any atom is 0.171 e. The van der Waals surface area contributed by atoms with Crippen LogP contribution < -0.4 is 5.32 Å². The summed E-state index contributed by atoms with van der Waals surface area (Å²) in [7, 11) is 0. The van der Waals surface area contributed by atoms with Gasteiger partial charge in [-0.15, -0.1) is 0 Å². The van der Waals surface area contributed by atoms with E-state index in [0.29, 0.717) is 5.92 Å². The lowest BCUT2D eigenvalue weighted by molar-refractivity contribution is 0.811. The van der Waals surface area contributed by atoms with Crippen molar-refractivity contribution in [2.75, 3.05) is 5.32 Å². The van der Waals surface area contributed by atoms with Crippen molar-refractivity contribution in [3.63, 3.8) is 0 Å². The molecule has 0 aliphatic rings. The quantitative estimate of drug-likeness (QED) is 0.794. The van der Waals surface area contributed by atoms with Crippen LogP contribution >= 0.6 is 15.9 Å². The number of anilines is 2. The lowest BCUT2D eigenvalue weighted by Gasteiger charge is -2.12. The van der Waals surface area contributed by atoms with E-state index in [-0.39, 0.29) is 0 Å². The van der Waals surface area contributed by atoms with E-state index in [2.05, 4.69) is 50.2 Å². The topological polar surface area (TPSA) is 55.1 Å². The van der Waals surface area contributed by atoms with Crippen LogP contribution in [0.2, 0.25) is 0 Å². The van der Waals surface area contributed by atoms with Crippen molar-refractivity contribution < 1.29 is 0 Å². The van der Waals surface area contributed by atoms with Crippen molar-refractivity contribution in [3.05, 3.63) is 47.0 Å². The van der Waals surface area contributed by atoms with Gasteiger partial charge < -0.3 is 5.32 Å². The van der Waals surface area contributed by atoms with Crippen LogP contribution in [-0.4, -0.2) is 19.6 Å². The van der Waals surface area contributed by atoms with Gasteiger partial charge in [-0.2, -0.15) is 9.61 Å². The molecular formula is C14H14BrN5. The summed E-state index contributed by atoms with van der Waals surface area (Å²) in [5, 5.41) is 7.67. The number of hydrogen-bond acceptors (Lipinski definition) is 4. The SMILES string of the molecule is CC(C)c1cc(Nc2cccnc2)n2ncc(Br)c2n1. The molecule has 0 saturated carbocycles. The molecule has 102 valence electrons. The fourth-order valence-corrected chi connectivity index (χ4v) is 2.27. The molecule has 1 N–H and O–H groups in total. The van der Waals surface area contributed by atoms with Gasteiger partial charge in [-0.25, -0.2) is 4.98 Å². The van der Waals surface area contributed by atoms with E-state index >= 15 is 0 Å². The molecule has 3 heterocycles. The average Bonchev–Trinajstić information content (AvgIpc) is 2.82. The number of fused-ring (bicyclic) bond motifs is 1. The van der Waals surface area contributed by atoms with Crippen molar-refractivity contribution in [3.8, 4) is 0 Å². The van der Waals surface area contributed by atoms with Gasteiger partial charge in [0.1, 0.15) is 5.82 Å². The Morgan fingerprint density at radius 3 is 2.85 bits per heavy atom. The van der Waals surface area contributed by atoms with Crippen molar-refractivity contribution in [1.29, 1.82) is 0 Å². The molecular weight excluding hydrogens is 318 g/mol. The zero-order valence-corrected chi connectivity index (χ0v) is 12.8. The molecule has 3 rings (SSSR count). The van der Waals surface area contributed by atoms with E-state index in [1.165, 1.54) is 0 Å². The van der Waals surface area contributed by atoms with Crippen LogP contribution in [0.3, 0.4) is 0 Å². The van der Waals surface area contributed by atoms with E-state index in [0.717, 1.165) is 27.3 Å². The Kier molecular flexibility index (Phi) is 3.40. The molecule has 5 nitrogen and oxygen atoms in total. The first-order chi connectivity index (χ1) is 9.65. The summed E-state index contributed by atoms with van der Waals surface area (Å²) in [4.78, 5) is 8.74. The van der Waals surface area contributed by atoms with Gasteiger partial charge in [-0.05, 0) is 34.0 Å². The molecule has 0 fully saturated rings. The summed E-state index contributed by atoms with van der Waals surface area (Å²) in [6.45, 7) is 4.24. The number of nitrogens with zero attached hydrogens (tertiary/aromatic N) is 4. The Morgan fingerprint density at radius 2 is 2.15 bits per heavy atom. The number of aromatic nitrogens is 4. The average molecular weight is 332 g/mol. The molecule has 0 atom stereocenters. The molecule has 0 aliphatic heterocycles. The molecule has 6 heteroatoms. The minimum atomic E-state index is 0.344. The third-order valence-electron chi connectivity index (χ3n) is 2.97. The number of hydrogen-bond donors (Lipinski definition) is 1. The van der Waals surface area contributed by atoms with Gasteiger partial charge in [-0.3, -0.25) is 4.98 Å². The monoisotopic (exact) mass is 331 g/mol. The fourth-order valence-electron chi connectivity index (χ4n) is 1.92. The molecule has 0 bridgehead atoms. The first kappa shape index (κ1) is 13.1. The predicted molar refractivity (Wildman–Crippen MR) is 82.3 cm³/mol. The Hall–Kier alpha value is -1.95. The van der Waals surface area contributed by atoms with Gasteiger partial charge in [0.2, 0.25) is 0 Å². The van der Waals surface area contributed by atoms with E-state index in [4.69, 9.17) is 0 Å². The van der Waals surface area contributed by atoms with Gasteiger partial charge in [0.05, 0.1) is 22.6 Å². The first-order valence-corrected chi connectivity index (χ1v) is 7.15. The minimum absolute atomic E-state index is 0.344. The standard InChI is InChI=1S/C14H14BrN5/c1-9(2)12-6-13(18-10-4-3-5-16-7-10)20-14(19-12)11(15)8-17-20/h3-9,18H,1-2H3. The van der Waals surface area contributed by atoms with Crippen molar-refractivity contribution in [2.45, 2.75) is 19.8 Å². The van der Waals surface area contributed by atoms with Crippen LogP contribution in [0.4, 0.5) is 11.5 Å². The third-order valence-corrected chi connectivity index (χ3v) is 3.53. The molecule has 3 aromatic heterocycles. The minimum Gasteiger partial charge on any atom is -0.339 e. The summed E-state index contributed by atoms with van der Waals surface area (Å²) < 4.78 is 2.66. The zero-order valence-electron chi connectivity index (χ0n) is 11.2. The van der Waals surface area contributed by atoms with Gasteiger partial charge >= 0.3 is 0 Å². The van der Waals surface area contributed by atoms with Crippen LogP contribution in [0.15, 0.2) is 41.3 Å². The molecule has 0 radical (unpaired) electrons. The second-order valence-corrected chi connectivity index (χ2v) is 5.67. The maximum absolute atomic E-state index is 4.63. The first-order valence-electron chi connectivity index (χ1n) is 6.36. The van der Waals surface area contributed by atoms with Crippen LogP contribution in [0.1, 0.15) is 25.5 Å². The van der Waals surface area contributed by atoms with Gasteiger partial charge in [0.15, 0.2) is 5.65 Å². The second kappa shape index (κ2) is 5.20. The molecule has 20 heavy (non-hydrogen) atoms. The Bertz CT molecular complexity index is 736. The molecule has 0 spiro atoms. The van der Waals surface area contributed by atoms with Gasteiger partial charge in [0, 0.05) is 18.0 Å². The lowest BCUT2D eigenvalue weighted by atomic mass is 10.1. The van der Waals surface area contributed by atoms with Gasteiger partial charge in [0.25, 0.3) is 0 Å². The van der Waals surface area contributed by atoms with E-state index in [1.807, 2.05) is 18.2 Å². The molecule has 0 amide bonds.